The van der Waals surface area contributed by atoms with Crippen molar-refractivity contribution < 1.29 is 9.84 Å². The Morgan fingerprint density at radius 1 is 1.29 bits per heavy atom. The summed E-state index contributed by atoms with van der Waals surface area (Å²) < 4.78 is 5.78. The molecule has 0 bridgehead atoms. The van der Waals surface area contributed by atoms with Gasteiger partial charge in [0.25, 0.3) is 0 Å². The van der Waals surface area contributed by atoms with E-state index in [4.69, 9.17) is 4.74 Å². The number of aliphatic hydroxyl groups is 1. The van der Waals surface area contributed by atoms with Gasteiger partial charge < -0.3 is 9.84 Å². The highest BCUT2D eigenvalue weighted by Crippen LogP contribution is 2.29. The van der Waals surface area contributed by atoms with E-state index in [1.54, 1.807) is 0 Å². The molecule has 0 spiro atoms. The summed E-state index contributed by atoms with van der Waals surface area (Å²) in [5, 5.41) is 10.4. The lowest BCUT2D eigenvalue weighted by Gasteiger charge is -2.38. The topological polar surface area (TPSA) is 32.7 Å². The first-order valence-corrected chi connectivity index (χ1v) is 7.33. The van der Waals surface area contributed by atoms with Crippen LogP contribution < -0.4 is 0 Å². The van der Waals surface area contributed by atoms with E-state index in [0.29, 0.717) is 5.92 Å². The summed E-state index contributed by atoms with van der Waals surface area (Å²) in [5.41, 5.74) is 0. The minimum absolute atomic E-state index is 0.0541. The molecule has 1 heterocycles. The van der Waals surface area contributed by atoms with Gasteiger partial charge in [-0.1, -0.05) is 26.2 Å². The van der Waals surface area contributed by atoms with Gasteiger partial charge in [0.2, 0.25) is 0 Å². The minimum atomic E-state index is -0.241. The third-order valence-electron chi connectivity index (χ3n) is 4.23. The van der Waals surface area contributed by atoms with Gasteiger partial charge in [-0.3, -0.25) is 4.90 Å². The normalized spacial score (nSPS) is 30.4. The van der Waals surface area contributed by atoms with Gasteiger partial charge in [0.05, 0.1) is 18.8 Å². The molecule has 2 unspecified atom stereocenters. The number of hydrogen-bond donors (Lipinski definition) is 1. The smallest absolute Gasteiger partial charge is 0.0963 e. The van der Waals surface area contributed by atoms with Crippen LogP contribution in [0.3, 0.4) is 0 Å². The van der Waals surface area contributed by atoms with Gasteiger partial charge in [-0.15, -0.1) is 0 Å². The summed E-state index contributed by atoms with van der Waals surface area (Å²) in [7, 11) is 0. The molecule has 1 N–H and O–H groups in total. The molecule has 2 atom stereocenters. The zero-order chi connectivity index (χ0) is 12.1. The van der Waals surface area contributed by atoms with E-state index in [1.165, 1.54) is 38.5 Å². The Morgan fingerprint density at radius 2 is 2.06 bits per heavy atom. The van der Waals surface area contributed by atoms with Crippen molar-refractivity contribution in [2.45, 2.75) is 57.7 Å². The zero-order valence-corrected chi connectivity index (χ0v) is 11.1. The molecule has 0 aromatic rings. The maximum Gasteiger partial charge on any atom is 0.0963 e. The molecule has 1 aliphatic heterocycles. The monoisotopic (exact) mass is 241 g/mol. The molecular formula is C14H27NO2. The average molecular weight is 241 g/mol. The molecule has 0 radical (unpaired) electrons. The number of morpholine rings is 1. The lowest BCUT2D eigenvalue weighted by Crippen LogP contribution is -2.50. The number of aliphatic hydroxyl groups excluding tert-OH is 1. The van der Waals surface area contributed by atoms with E-state index < -0.39 is 0 Å². The Bertz CT molecular complexity index is 214. The predicted octanol–water partition coefficient (Wildman–Crippen LogP) is 2.04. The second-order valence-electron chi connectivity index (χ2n) is 5.60. The maximum atomic E-state index is 10.4. The molecule has 17 heavy (non-hydrogen) atoms. The van der Waals surface area contributed by atoms with Crippen molar-refractivity contribution >= 4 is 0 Å². The van der Waals surface area contributed by atoms with Gasteiger partial charge in [0.1, 0.15) is 0 Å². The van der Waals surface area contributed by atoms with Crippen molar-refractivity contribution in [3.8, 4) is 0 Å². The van der Waals surface area contributed by atoms with Crippen LogP contribution in [0, 0.1) is 5.92 Å². The van der Waals surface area contributed by atoms with Gasteiger partial charge in [-0.2, -0.15) is 0 Å². The Kier molecular flexibility index (Phi) is 5.26. The summed E-state index contributed by atoms with van der Waals surface area (Å²) in [4.78, 5) is 2.43. The molecule has 0 aromatic heterocycles. The first-order valence-electron chi connectivity index (χ1n) is 7.33. The fourth-order valence-corrected chi connectivity index (χ4v) is 3.24. The molecular weight excluding hydrogens is 214 g/mol. The fourth-order valence-electron chi connectivity index (χ4n) is 3.24. The second-order valence-corrected chi connectivity index (χ2v) is 5.60. The molecule has 3 heteroatoms. The second kappa shape index (κ2) is 6.72. The van der Waals surface area contributed by atoms with E-state index >= 15 is 0 Å². The molecule has 1 saturated heterocycles. The third kappa shape index (κ3) is 3.67. The summed E-state index contributed by atoms with van der Waals surface area (Å²) in [6, 6.07) is 0. The fraction of sp³-hybridized carbons (Fsp3) is 1.00. The number of nitrogens with zero attached hydrogens (tertiary/aromatic N) is 1. The van der Waals surface area contributed by atoms with Crippen molar-refractivity contribution in [3.05, 3.63) is 0 Å². The molecule has 3 nitrogen and oxygen atoms in total. The predicted molar refractivity (Wildman–Crippen MR) is 69.1 cm³/mol. The highest BCUT2D eigenvalue weighted by atomic mass is 16.5. The van der Waals surface area contributed by atoms with Crippen LogP contribution in [-0.2, 0) is 4.74 Å². The van der Waals surface area contributed by atoms with Crippen molar-refractivity contribution in [3.63, 3.8) is 0 Å². The first kappa shape index (κ1) is 13.3. The highest BCUT2D eigenvalue weighted by molar-refractivity contribution is 4.84. The van der Waals surface area contributed by atoms with Crippen LogP contribution in [0.2, 0.25) is 0 Å². The highest BCUT2D eigenvalue weighted by Gasteiger charge is 2.32. The molecule has 0 amide bonds. The SMILES string of the molecule is CCCN1CCOC(C(O)C2CCCCC2)C1. The number of ether oxygens (including phenoxy) is 1. The van der Waals surface area contributed by atoms with E-state index in [2.05, 4.69) is 11.8 Å². The molecule has 1 aliphatic carbocycles. The first-order chi connectivity index (χ1) is 8.31. The zero-order valence-electron chi connectivity index (χ0n) is 11.1. The van der Waals surface area contributed by atoms with Crippen molar-refractivity contribution in [2.24, 2.45) is 5.92 Å². The van der Waals surface area contributed by atoms with Gasteiger partial charge in [0, 0.05) is 13.1 Å². The lowest BCUT2D eigenvalue weighted by molar-refractivity contribution is -0.109. The van der Waals surface area contributed by atoms with Gasteiger partial charge in [0.15, 0.2) is 0 Å². The molecule has 2 rings (SSSR count). The number of hydrogen-bond acceptors (Lipinski definition) is 3. The molecule has 2 fully saturated rings. The summed E-state index contributed by atoms with van der Waals surface area (Å²) in [5.74, 6) is 0.482. The molecule has 2 aliphatic rings. The minimum Gasteiger partial charge on any atom is -0.390 e. The van der Waals surface area contributed by atoms with E-state index in [9.17, 15) is 5.11 Å². The summed E-state index contributed by atoms with van der Waals surface area (Å²) >= 11 is 0. The maximum absolute atomic E-state index is 10.4. The van der Waals surface area contributed by atoms with Crippen LogP contribution in [0.4, 0.5) is 0 Å². The average Bonchev–Trinajstić information content (AvgIpc) is 2.40. The number of rotatable bonds is 4. The van der Waals surface area contributed by atoms with Crippen molar-refractivity contribution in [2.75, 3.05) is 26.2 Å². The quantitative estimate of drug-likeness (QED) is 0.817. The van der Waals surface area contributed by atoms with Crippen LogP contribution in [-0.4, -0.2) is 48.5 Å². The lowest BCUT2D eigenvalue weighted by atomic mass is 9.83. The van der Waals surface area contributed by atoms with Crippen LogP contribution in [0.25, 0.3) is 0 Å². The van der Waals surface area contributed by atoms with Gasteiger partial charge in [-0.25, -0.2) is 0 Å². The Hall–Kier alpha value is -0.120. The summed E-state index contributed by atoms with van der Waals surface area (Å²) in [6.45, 7) is 6.08. The van der Waals surface area contributed by atoms with Crippen molar-refractivity contribution in [1.82, 2.24) is 4.90 Å². The Labute approximate surface area is 105 Å². The van der Waals surface area contributed by atoms with E-state index in [1.807, 2.05) is 0 Å². The third-order valence-corrected chi connectivity index (χ3v) is 4.23. The Balaban J connectivity index is 1.82. The van der Waals surface area contributed by atoms with Crippen LogP contribution in [0.5, 0.6) is 0 Å². The Morgan fingerprint density at radius 3 is 2.76 bits per heavy atom. The van der Waals surface area contributed by atoms with Gasteiger partial charge >= 0.3 is 0 Å². The van der Waals surface area contributed by atoms with Crippen LogP contribution >= 0.6 is 0 Å². The van der Waals surface area contributed by atoms with Crippen molar-refractivity contribution in [1.29, 1.82) is 0 Å². The standard InChI is InChI=1S/C14H27NO2/c1-2-8-15-9-10-17-13(11-15)14(16)12-6-4-3-5-7-12/h12-14,16H,2-11H2,1H3. The molecule has 100 valence electrons. The van der Waals surface area contributed by atoms with E-state index in [-0.39, 0.29) is 12.2 Å². The van der Waals surface area contributed by atoms with E-state index in [0.717, 1.165) is 26.2 Å². The molecule has 0 aromatic carbocycles. The van der Waals surface area contributed by atoms with Gasteiger partial charge in [-0.05, 0) is 31.7 Å². The van der Waals surface area contributed by atoms with Crippen LogP contribution in [0.1, 0.15) is 45.4 Å². The van der Waals surface area contributed by atoms with Crippen LogP contribution in [0.15, 0.2) is 0 Å². The largest absolute Gasteiger partial charge is 0.390 e. The molecule has 1 saturated carbocycles. The summed E-state index contributed by atoms with van der Waals surface area (Å²) in [6.07, 6.45) is 7.29.